The van der Waals surface area contributed by atoms with E-state index in [1.54, 1.807) is 6.92 Å². The van der Waals surface area contributed by atoms with E-state index < -0.39 is 17.5 Å². The SMILES string of the molecule is C[C@@]1(CCc2ccccc2)NC(=O)N(NC(=O)C[NH2+]C23CC4CC(CC(C4)C2)C3)C1=O. The van der Waals surface area contributed by atoms with Crippen LogP contribution in [0.2, 0.25) is 0 Å². The maximum absolute atomic E-state index is 12.9. The first kappa shape index (κ1) is 20.5. The number of aryl methyl sites for hydroxylation is 1. The number of urea groups is 1. The molecule has 0 aromatic heterocycles. The van der Waals surface area contributed by atoms with Crippen LogP contribution in [0.15, 0.2) is 30.3 Å². The molecule has 5 aliphatic rings. The van der Waals surface area contributed by atoms with Gasteiger partial charge in [-0.1, -0.05) is 30.3 Å². The van der Waals surface area contributed by atoms with Crippen LogP contribution in [0.5, 0.6) is 0 Å². The van der Waals surface area contributed by atoms with Gasteiger partial charge < -0.3 is 10.6 Å². The minimum Gasteiger partial charge on any atom is -0.334 e. The molecule has 1 aliphatic heterocycles. The molecule has 1 aromatic rings. The van der Waals surface area contributed by atoms with Gasteiger partial charge in [0.1, 0.15) is 5.54 Å². The molecule has 5 fully saturated rings. The quantitative estimate of drug-likeness (QED) is 0.578. The minimum atomic E-state index is -1.01. The smallest absolute Gasteiger partial charge is 0.334 e. The molecule has 1 saturated heterocycles. The maximum Gasteiger partial charge on any atom is 0.344 e. The molecule has 0 unspecified atom stereocenters. The predicted molar refractivity (Wildman–Crippen MR) is 114 cm³/mol. The Balaban J connectivity index is 1.16. The Bertz CT molecular complexity index is 851. The van der Waals surface area contributed by atoms with Crippen molar-refractivity contribution in [3.8, 4) is 0 Å². The molecule has 4 aliphatic carbocycles. The number of carbonyl (C=O) groups excluding carboxylic acids is 3. The average Bonchev–Trinajstić information content (AvgIpc) is 2.94. The normalized spacial score (nSPS) is 36.0. The summed E-state index contributed by atoms with van der Waals surface area (Å²) in [6.45, 7) is 1.98. The van der Waals surface area contributed by atoms with E-state index in [1.165, 1.54) is 38.5 Å². The zero-order valence-electron chi connectivity index (χ0n) is 18.2. The third-order valence-corrected chi connectivity index (χ3v) is 8.06. The molecule has 1 atom stereocenters. The van der Waals surface area contributed by atoms with Crippen LogP contribution in [-0.4, -0.2) is 40.5 Å². The highest BCUT2D eigenvalue weighted by Crippen LogP contribution is 2.54. The molecule has 166 valence electrons. The van der Waals surface area contributed by atoms with Crippen molar-refractivity contribution in [1.82, 2.24) is 15.8 Å². The van der Waals surface area contributed by atoms with Crippen molar-refractivity contribution in [3.63, 3.8) is 0 Å². The number of hydrogen-bond donors (Lipinski definition) is 3. The molecule has 0 spiro atoms. The molecular formula is C24H33N4O3+. The number of carbonyl (C=O) groups is 3. The highest BCUT2D eigenvalue weighted by atomic mass is 16.2. The zero-order valence-corrected chi connectivity index (χ0v) is 18.2. The van der Waals surface area contributed by atoms with Crippen molar-refractivity contribution in [2.45, 2.75) is 69.4 Å². The molecule has 4 amide bonds. The summed E-state index contributed by atoms with van der Waals surface area (Å²) < 4.78 is 0. The maximum atomic E-state index is 12.9. The lowest BCUT2D eigenvalue weighted by atomic mass is 9.53. The number of amides is 4. The Kier molecular flexibility index (Phi) is 5.04. The van der Waals surface area contributed by atoms with Crippen LogP contribution in [0.3, 0.4) is 0 Å². The van der Waals surface area contributed by atoms with Crippen LogP contribution in [0.25, 0.3) is 0 Å². The number of nitrogens with zero attached hydrogens (tertiary/aromatic N) is 1. The minimum absolute atomic E-state index is 0.188. The highest BCUT2D eigenvalue weighted by Gasteiger charge is 2.54. The second-order valence-corrected chi connectivity index (χ2v) is 10.6. The molecule has 4 bridgehead atoms. The standard InChI is InChI=1S/C24H32N4O3/c1-23(8-7-16-5-3-2-4-6-16)21(30)28(22(31)26-23)27-20(29)15-25-24-12-17-9-18(13-24)11-19(10-17)14-24/h2-6,17-19,25H,7-15H2,1H3,(H,26,31)(H,27,29)/p+1/t17?,18?,19?,23-,24?/m0/s1. The number of hydrogen-bond acceptors (Lipinski definition) is 3. The molecule has 0 radical (unpaired) electrons. The molecule has 7 nitrogen and oxygen atoms in total. The van der Waals surface area contributed by atoms with E-state index in [1.807, 2.05) is 30.3 Å². The van der Waals surface area contributed by atoms with Crippen LogP contribution in [0, 0.1) is 17.8 Å². The fourth-order valence-electron chi connectivity index (χ4n) is 6.90. The number of nitrogens with one attached hydrogen (secondary N) is 2. The molecular weight excluding hydrogens is 392 g/mol. The number of benzene rings is 1. The van der Waals surface area contributed by atoms with Crippen molar-refractivity contribution >= 4 is 17.8 Å². The summed E-state index contributed by atoms with van der Waals surface area (Å²) in [4.78, 5) is 38.0. The van der Waals surface area contributed by atoms with Gasteiger partial charge in [0.2, 0.25) is 0 Å². The van der Waals surface area contributed by atoms with Gasteiger partial charge >= 0.3 is 6.03 Å². The van der Waals surface area contributed by atoms with Crippen molar-refractivity contribution < 1.29 is 19.7 Å². The van der Waals surface area contributed by atoms with Gasteiger partial charge in [0.25, 0.3) is 11.8 Å². The van der Waals surface area contributed by atoms with Gasteiger partial charge in [-0.2, -0.15) is 5.01 Å². The average molecular weight is 426 g/mol. The molecule has 7 heteroatoms. The van der Waals surface area contributed by atoms with Crippen LogP contribution < -0.4 is 16.1 Å². The van der Waals surface area contributed by atoms with Gasteiger partial charge in [0.15, 0.2) is 6.54 Å². The first-order valence-electron chi connectivity index (χ1n) is 11.7. The number of nitrogens with two attached hydrogens (primary N) is 1. The summed E-state index contributed by atoms with van der Waals surface area (Å²) in [5.41, 5.74) is 2.85. The lowest BCUT2D eigenvalue weighted by molar-refractivity contribution is -0.730. The van der Waals surface area contributed by atoms with Gasteiger partial charge in [-0.05, 0) is 62.3 Å². The van der Waals surface area contributed by atoms with E-state index in [0.717, 1.165) is 28.3 Å². The lowest BCUT2D eigenvalue weighted by Gasteiger charge is -2.54. The third-order valence-electron chi connectivity index (χ3n) is 8.06. The lowest BCUT2D eigenvalue weighted by Crippen LogP contribution is -3.00. The monoisotopic (exact) mass is 425 g/mol. The zero-order chi connectivity index (χ0) is 21.6. The fraction of sp³-hybridized carbons (Fsp3) is 0.625. The fourth-order valence-corrected chi connectivity index (χ4v) is 6.90. The molecule has 31 heavy (non-hydrogen) atoms. The third kappa shape index (κ3) is 3.95. The summed E-state index contributed by atoms with van der Waals surface area (Å²) in [5.74, 6) is 1.79. The van der Waals surface area contributed by atoms with Crippen molar-refractivity contribution in [1.29, 1.82) is 0 Å². The predicted octanol–water partition coefficient (Wildman–Crippen LogP) is 1.49. The van der Waals surface area contributed by atoms with E-state index >= 15 is 0 Å². The van der Waals surface area contributed by atoms with Crippen LogP contribution in [0.4, 0.5) is 4.79 Å². The van der Waals surface area contributed by atoms with Gasteiger partial charge in [-0.15, -0.1) is 0 Å². The van der Waals surface area contributed by atoms with E-state index in [2.05, 4.69) is 16.1 Å². The van der Waals surface area contributed by atoms with Gasteiger partial charge in [-0.25, -0.2) is 4.79 Å². The largest absolute Gasteiger partial charge is 0.344 e. The van der Waals surface area contributed by atoms with Gasteiger partial charge in [0.05, 0.1) is 5.54 Å². The molecule has 1 aromatic carbocycles. The van der Waals surface area contributed by atoms with E-state index in [0.29, 0.717) is 12.8 Å². The number of rotatable bonds is 7. The van der Waals surface area contributed by atoms with E-state index in [4.69, 9.17) is 0 Å². The first-order valence-corrected chi connectivity index (χ1v) is 11.7. The van der Waals surface area contributed by atoms with Crippen molar-refractivity contribution in [3.05, 3.63) is 35.9 Å². The first-order chi connectivity index (χ1) is 14.8. The number of hydrazine groups is 1. The van der Waals surface area contributed by atoms with Gasteiger partial charge in [0, 0.05) is 19.3 Å². The molecule has 4 N–H and O–H groups in total. The second kappa shape index (κ2) is 7.62. The number of quaternary nitrogens is 1. The van der Waals surface area contributed by atoms with Crippen LogP contribution >= 0.6 is 0 Å². The van der Waals surface area contributed by atoms with E-state index in [-0.39, 0.29) is 18.0 Å². The number of imide groups is 1. The second-order valence-electron chi connectivity index (χ2n) is 10.6. The Labute approximate surface area is 183 Å². The van der Waals surface area contributed by atoms with Crippen LogP contribution in [-0.2, 0) is 16.0 Å². The summed E-state index contributed by atoms with van der Waals surface area (Å²) in [6, 6.07) is 9.32. The summed E-state index contributed by atoms with van der Waals surface area (Å²) in [5, 5.41) is 5.84. The Hall–Kier alpha value is -2.41. The summed E-state index contributed by atoms with van der Waals surface area (Å²) in [7, 11) is 0. The Morgan fingerprint density at radius 2 is 1.71 bits per heavy atom. The summed E-state index contributed by atoms with van der Waals surface area (Å²) in [6.07, 6.45) is 8.85. The van der Waals surface area contributed by atoms with E-state index in [9.17, 15) is 14.4 Å². The molecule has 1 heterocycles. The molecule has 4 saturated carbocycles. The van der Waals surface area contributed by atoms with Crippen LogP contribution in [0.1, 0.15) is 57.4 Å². The van der Waals surface area contributed by atoms with Gasteiger partial charge in [-0.3, -0.25) is 15.0 Å². The highest BCUT2D eigenvalue weighted by molar-refractivity contribution is 6.07. The van der Waals surface area contributed by atoms with Crippen molar-refractivity contribution in [2.75, 3.05) is 6.54 Å². The Morgan fingerprint density at radius 1 is 1.10 bits per heavy atom. The summed E-state index contributed by atoms with van der Waals surface area (Å²) >= 11 is 0. The molecule has 6 rings (SSSR count). The van der Waals surface area contributed by atoms with Crippen molar-refractivity contribution in [2.24, 2.45) is 17.8 Å². The topological polar surface area (TPSA) is 95.1 Å². The Morgan fingerprint density at radius 3 is 2.32 bits per heavy atom.